The molecule has 4 N–H and O–H groups in total. The van der Waals surface area contributed by atoms with E-state index < -0.39 is 0 Å². The largest absolute Gasteiger partial charge is 0.494 e. The molecule has 7 heteroatoms. The van der Waals surface area contributed by atoms with Gasteiger partial charge in [0.2, 0.25) is 5.95 Å². The van der Waals surface area contributed by atoms with Crippen LogP contribution in [0, 0.1) is 13.8 Å². The average molecular weight is 360 g/mol. The molecule has 25 heavy (non-hydrogen) atoms. The fourth-order valence-corrected chi connectivity index (χ4v) is 2.91. The summed E-state index contributed by atoms with van der Waals surface area (Å²) in [6, 6.07) is 8.10. The first-order valence-electron chi connectivity index (χ1n) is 7.90. The lowest BCUT2D eigenvalue weighted by Crippen LogP contribution is -2.07. The lowest BCUT2D eigenvalue weighted by molar-refractivity contribution is 0.340. The van der Waals surface area contributed by atoms with E-state index in [1.54, 1.807) is 0 Å². The second-order valence-corrected chi connectivity index (χ2v) is 5.72. The number of hydrogen-bond acceptors (Lipinski definition) is 6. The lowest BCUT2D eigenvalue weighted by Gasteiger charge is -2.14. The number of benzene rings is 1. The van der Waals surface area contributed by atoms with Crippen LogP contribution >= 0.6 is 12.4 Å². The number of anilines is 2. The minimum Gasteiger partial charge on any atom is -0.494 e. The van der Waals surface area contributed by atoms with Gasteiger partial charge < -0.3 is 16.2 Å². The zero-order valence-electron chi connectivity index (χ0n) is 14.5. The molecule has 6 nitrogen and oxygen atoms in total. The Kier molecular flexibility index (Phi) is 5.64. The van der Waals surface area contributed by atoms with Crippen molar-refractivity contribution in [2.45, 2.75) is 27.2 Å². The Labute approximate surface area is 153 Å². The van der Waals surface area contributed by atoms with Gasteiger partial charge in [-0.2, -0.15) is 9.97 Å². The van der Waals surface area contributed by atoms with Crippen molar-refractivity contribution in [2.24, 2.45) is 0 Å². The number of nitrogens with zero attached hydrogens (tertiary/aromatic N) is 3. The normalized spacial score (nSPS) is 10.5. The summed E-state index contributed by atoms with van der Waals surface area (Å²) in [5, 5.41) is 0.774. The highest BCUT2D eigenvalue weighted by Crippen LogP contribution is 2.28. The topological polar surface area (TPSA) is 99.9 Å². The molecule has 0 saturated heterocycles. The van der Waals surface area contributed by atoms with E-state index >= 15 is 0 Å². The summed E-state index contributed by atoms with van der Waals surface area (Å²) in [7, 11) is 0. The number of ether oxygens (including phenoxy) is 1. The first-order valence-corrected chi connectivity index (χ1v) is 7.90. The standard InChI is InChI=1S/C18H21N5O.ClH/c1-4-24-13-7-5-12(6-8-13)9-14-10(2)15-16(19)22-18(20)23-17(15)21-11(14)3;/h5-8H,4,9H2,1-3H3,(H4,19,20,21,22,23);1H. The van der Waals surface area contributed by atoms with Crippen molar-refractivity contribution in [2.75, 3.05) is 18.1 Å². The molecular formula is C18H22ClN5O. The highest BCUT2D eigenvalue weighted by molar-refractivity contribution is 5.90. The fourth-order valence-electron chi connectivity index (χ4n) is 2.91. The number of hydrogen-bond donors (Lipinski definition) is 2. The first-order chi connectivity index (χ1) is 11.5. The highest BCUT2D eigenvalue weighted by Gasteiger charge is 2.14. The van der Waals surface area contributed by atoms with Crippen molar-refractivity contribution >= 4 is 35.2 Å². The molecule has 0 aliphatic carbocycles. The average Bonchev–Trinajstić information content (AvgIpc) is 2.52. The van der Waals surface area contributed by atoms with Crippen LogP contribution in [0.2, 0.25) is 0 Å². The summed E-state index contributed by atoms with van der Waals surface area (Å²) in [6.07, 6.45) is 0.761. The second-order valence-electron chi connectivity index (χ2n) is 5.72. The zero-order valence-corrected chi connectivity index (χ0v) is 15.4. The van der Waals surface area contributed by atoms with Gasteiger partial charge in [-0.15, -0.1) is 12.4 Å². The molecule has 3 rings (SSSR count). The molecule has 0 atom stereocenters. The minimum absolute atomic E-state index is 0. The molecular weight excluding hydrogens is 338 g/mol. The van der Waals surface area contributed by atoms with Crippen LogP contribution in [-0.2, 0) is 6.42 Å². The fraction of sp³-hybridized carbons (Fsp3) is 0.278. The third kappa shape index (κ3) is 3.74. The van der Waals surface area contributed by atoms with E-state index in [1.807, 2.05) is 32.9 Å². The van der Waals surface area contributed by atoms with E-state index in [-0.39, 0.29) is 18.4 Å². The Morgan fingerprint density at radius 1 is 1.00 bits per heavy atom. The summed E-state index contributed by atoms with van der Waals surface area (Å²) in [6.45, 7) is 6.64. The predicted molar refractivity (Wildman–Crippen MR) is 103 cm³/mol. The van der Waals surface area contributed by atoms with E-state index in [2.05, 4.69) is 27.1 Å². The van der Waals surface area contributed by atoms with Crippen molar-refractivity contribution in [1.29, 1.82) is 0 Å². The summed E-state index contributed by atoms with van der Waals surface area (Å²) < 4.78 is 5.49. The number of aryl methyl sites for hydroxylation is 2. The van der Waals surface area contributed by atoms with Crippen molar-refractivity contribution in [3.63, 3.8) is 0 Å². The maximum atomic E-state index is 6.04. The van der Waals surface area contributed by atoms with Crippen molar-refractivity contribution < 1.29 is 4.74 Å². The van der Waals surface area contributed by atoms with Crippen LogP contribution in [0.5, 0.6) is 5.75 Å². The molecule has 2 heterocycles. The van der Waals surface area contributed by atoms with E-state index in [4.69, 9.17) is 16.2 Å². The van der Waals surface area contributed by atoms with Gasteiger partial charge in [0, 0.05) is 5.69 Å². The van der Waals surface area contributed by atoms with E-state index in [1.165, 1.54) is 5.56 Å². The van der Waals surface area contributed by atoms with Gasteiger partial charge in [-0.25, -0.2) is 4.98 Å². The molecule has 2 aromatic heterocycles. The summed E-state index contributed by atoms with van der Waals surface area (Å²) >= 11 is 0. The predicted octanol–water partition coefficient (Wildman–Crippen LogP) is 3.22. The number of aromatic nitrogens is 3. The molecule has 132 valence electrons. The number of nitrogen functional groups attached to an aromatic ring is 2. The van der Waals surface area contributed by atoms with Crippen LogP contribution in [-0.4, -0.2) is 21.6 Å². The number of nitrogens with two attached hydrogens (primary N) is 2. The minimum atomic E-state index is 0. The molecule has 0 spiro atoms. The molecule has 0 aliphatic rings. The van der Waals surface area contributed by atoms with Crippen LogP contribution in [0.4, 0.5) is 11.8 Å². The summed E-state index contributed by atoms with van der Waals surface area (Å²) in [5.41, 5.74) is 16.5. The maximum absolute atomic E-state index is 6.04. The van der Waals surface area contributed by atoms with Gasteiger partial charge in [0.1, 0.15) is 11.6 Å². The van der Waals surface area contributed by atoms with E-state index in [9.17, 15) is 0 Å². The third-order valence-electron chi connectivity index (χ3n) is 4.09. The SMILES string of the molecule is CCOc1ccc(Cc2c(C)nc3nc(N)nc(N)c3c2C)cc1.Cl. The van der Waals surface area contributed by atoms with Crippen molar-refractivity contribution in [1.82, 2.24) is 15.0 Å². The van der Waals surface area contributed by atoms with Gasteiger partial charge in [-0.1, -0.05) is 12.1 Å². The Balaban J connectivity index is 0.00000225. The lowest BCUT2D eigenvalue weighted by atomic mass is 9.97. The maximum Gasteiger partial charge on any atom is 0.224 e. The number of pyridine rings is 1. The molecule has 0 bridgehead atoms. The number of halogens is 1. The van der Waals surface area contributed by atoms with Crippen molar-refractivity contribution in [3.8, 4) is 5.75 Å². The van der Waals surface area contributed by atoms with Crippen LogP contribution in [0.15, 0.2) is 24.3 Å². The van der Waals surface area contributed by atoms with Gasteiger partial charge >= 0.3 is 0 Å². The van der Waals surface area contributed by atoms with Gasteiger partial charge in [0.05, 0.1) is 12.0 Å². The van der Waals surface area contributed by atoms with Crippen molar-refractivity contribution in [3.05, 3.63) is 46.6 Å². The Morgan fingerprint density at radius 2 is 1.68 bits per heavy atom. The summed E-state index contributed by atoms with van der Waals surface area (Å²) in [5.74, 6) is 1.39. The molecule has 0 unspecified atom stereocenters. The molecule has 0 radical (unpaired) electrons. The second kappa shape index (κ2) is 7.53. The van der Waals surface area contributed by atoms with Gasteiger partial charge in [0.25, 0.3) is 0 Å². The molecule has 0 aliphatic heterocycles. The highest BCUT2D eigenvalue weighted by atomic mass is 35.5. The van der Waals surface area contributed by atoms with Crippen LogP contribution < -0.4 is 16.2 Å². The van der Waals surface area contributed by atoms with Gasteiger partial charge in [-0.3, -0.25) is 0 Å². The van der Waals surface area contributed by atoms with Crippen LogP contribution in [0.1, 0.15) is 29.3 Å². The van der Waals surface area contributed by atoms with E-state index in [0.29, 0.717) is 18.1 Å². The molecule has 0 saturated carbocycles. The smallest absolute Gasteiger partial charge is 0.224 e. The Hall–Kier alpha value is -2.60. The quantitative estimate of drug-likeness (QED) is 0.741. The Morgan fingerprint density at radius 3 is 2.32 bits per heavy atom. The van der Waals surface area contributed by atoms with Crippen LogP contribution in [0.3, 0.4) is 0 Å². The molecule has 0 amide bonds. The first kappa shape index (κ1) is 18.7. The third-order valence-corrected chi connectivity index (χ3v) is 4.09. The van der Waals surface area contributed by atoms with E-state index in [0.717, 1.165) is 34.4 Å². The summed E-state index contributed by atoms with van der Waals surface area (Å²) in [4.78, 5) is 12.8. The van der Waals surface area contributed by atoms with Gasteiger partial charge in [0.15, 0.2) is 5.65 Å². The monoisotopic (exact) mass is 359 g/mol. The number of rotatable bonds is 4. The molecule has 1 aromatic carbocycles. The number of fused-ring (bicyclic) bond motifs is 1. The molecule has 3 aromatic rings. The Bertz CT molecular complexity index is 896. The van der Waals surface area contributed by atoms with Gasteiger partial charge in [-0.05, 0) is 56.0 Å². The molecule has 0 fully saturated rings. The zero-order chi connectivity index (χ0) is 17.3. The van der Waals surface area contributed by atoms with Crippen LogP contribution in [0.25, 0.3) is 11.0 Å².